The van der Waals surface area contributed by atoms with Crippen LogP contribution in [0.25, 0.3) is 0 Å². The van der Waals surface area contributed by atoms with Crippen molar-refractivity contribution < 1.29 is 0 Å². The molecule has 0 radical (unpaired) electrons. The average molecular weight is 125 g/mol. The second-order valence-electron chi connectivity index (χ2n) is 2.56. The molecule has 0 aromatic carbocycles. The minimum absolute atomic E-state index is 0.308. The maximum atomic E-state index is 3.90. The first kappa shape index (κ1) is 8.41. The first-order chi connectivity index (χ1) is 4.09. The Bertz CT molecular complexity index is 116. The Kier molecular flexibility index (Phi) is 3.21. The molecule has 0 aliphatic carbocycles. The van der Waals surface area contributed by atoms with Crippen molar-refractivity contribution in [3.63, 3.8) is 0 Å². The predicted octanol–water partition coefficient (Wildman–Crippen LogP) is 2.29. The van der Waals surface area contributed by atoms with Gasteiger partial charge in [0.05, 0.1) is 6.04 Å². The van der Waals surface area contributed by atoms with Crippen molar-refractivity contribution in [3.05, 3.63) is 12.2 Å². The normalized spacial score (nSPS) is 16.3. The van der Waals surface area contributed by atoms with E-state index in [0.717, 1.165) is 0 Å². The van der Waals surface area contributed by atoms with E-state index >= 15 is 0 Å². The highest BCUT2D eigenvalue weighted by atomic mass is 14.7. The van der Waals surface area contributed by atoms with Crippen molar-refractivity contribution in [1.82, 2.24) is 0 Å². The fourth-order valence-electron chi connectivity index (χ4n) is 0.570. The van der Waals surface area contributed by atoms with Crippen molar-refractivity contribution in [2.24, 2.45) is 10.9 Å². The molecule has 1 heteroatoms. The van der Waals surface area contributed by atoms with Crippen LogP contribution in [0.3, 0.4) is 0 Å². The number of hydrogen-bond donors (Lipinski definition) is 0. The molecule has 0 heterocycles. The molecule has 9 heavy (non-hydrogen) atoms. The summed E-state index contributed by atoms with van der Waals surface area (Å²) in [6.07, 6.45) is 0. The lowest BCUT2D eigenvalue weighted by Gasteiger charge is -2.14. The van der Waals surface area contributed by atoms with Crippen LogP contribution in [-0.4, -0.2) is 12.8 Å². The van der Waals surface area contributed by atoms with Gasteiger partial charge < -0.3 is 0 Å². The summed E-state index contributed by atoms with van der Waals surface area (Å²) in [5.74, 6) is 0.461. The minimum Gasteiger partial charge on any atom is -0.297 e. The van der Waals surface area contributed by atoms with E-state index in [1.807, 2.05) is 13.8 Å². The molecular weight excluding hydrogens is 110 g/mol. The van der Waals surface area contributed by atoms with E-state index in [0.29, 0.717) is 12.0 Å². The zero-order valence-electron chi connectivity index (χ0n) is 6.52. The largest absolute Gasteiger partial charge is 0.297 e. The van der Waals surface area contributed by atoms with E-state index in [1.54, 1.807) is 0 Å². The molecule has 0 rings (SSSR count). The van der Waals surface area contributed by atoms with Crippen LogP contribution in [-0.2, 0) is 0 Å². The van der Waals surface area contributed by atoms with E-state index < -0.39 is 0 Å². The quantitative estimate of drug-likeness (QED) is 0.405. The molecule has 0 saturated heterocycles. The maximum Gasteiger partial charge on any atom is 0.0526 e. The Morgan fingerprint density at radius 3 is 2.00 bits per heavy atom. The summed E-state index contributed by atoms with van der Waals surface area (Å²) in [4.78, 5) is 3.90. The molecule has 0 N–H and O–H groups in total. The Morgan fingerprint density at radius 1 is 1.44 bits per heavy atom. The third-order valence-corrected chi connectivity index (χ3v) is 1.79. The van der Waals surface area contributed by atoms with Gasteiger partial charge in [-0.15, -0.1) is 0 Å². The van der Waals surface area contributed by atoms with Gasteiger partial charge in [0.2, 0.25) is 0 Å². The standard InChI is InChI=1S/C8H15N/c1-6(2)7(3)8(4)9-5/h7-8H,1,5H2,2-4H3. The highest BCUT2D eigenvalue weighted by Gasteiger charge is 2.08. The van der Waals surface area contributed by atoms with Crippen LogP contribution < -0.4 is 0 Å². The summed E-state index contributed by atoms with van der Waals surface area (Å²) >= 11 is 0. The highest BCUT2D eigenvalue weighted by molar-refractivity contribution is 5.24. The Labute approximate surface area is 57.5 Å². The topological polar surface area (TPSA) is 12.4 Å². The van der Waals surface area contributed by atoms with Gasteiger partial charge in [-0.05, 0) is 26.5 Å². The van der Waals surface area contributed by atoms with E-state index in [-0.39, 0.29) is 0 Å². The van der Waals surface area contributed by atoms with Crippen molar-refractivity contribution in [3.8, 4) is 0 Å². The Balaban J connectivity index is 3.86. The monoisotopic (exact) mass is 125 g/mol. The Hall–Kier alpha value is -0.590. The molecule has 0 bridgehead atoms. The first-order valence-electron chi connectivity index (χ1n) is 3.20. The summed E-state index contributed by atoms with van der Waals surface area (Å²) in [6.45, 7) is 13.5. The SMILES string of the molecule is C=NC(C)C(C)C(=C)C. The Morgan fingerprint density at radius 2 is 1.89 bits per heavy atom. The van der Waals surface area contributed by atoms with Gasteiger partial charge in [-0.3, -0.25) is 4.99 Å². The molecule has 0 spiro atoms. The lowest BCUT2D eigenvalue weighted by Crippen LogP contribution is -2.11. The molecule has 0 aliphatic heterocycles. The molecule has 0 aromatic rings. The molecule has 0 amide bonds. The second-order valence-corrected chi connectivity index (χ2v) is 2.56. The molecule has 1 nitrogen and oxygen atoms in total. The fraction of sp³-hybridized carbons (Fsp3) is 0.625. The van der Waals surface area contributed by atoms with E-state index in [1.165, 1.54) is 5.57 Å². The zero-order chi connectivity index (χ0) is 7.44. The first-order valence-corrected chi connectivity index (χ1v) is 3.20. The summed E-state index contributed by atoms with van der Waals surface area (Å²) in [5, 5.41) is 0. The summed E-state index contributed by atoms with van der Waals surface area (Å²) in [7, 11) is 0. The molecule has 0 aromatic heterocycles. The second kappa shape index (κ2) is 3.44. The van der Waals surface area contributed by atoms with Crippen LogP contribution in [0.5, 0.6) is 0 Å². The van der Waals surface area contributed by atoms with Crippen LogP contribution in [0.15, 0.2) is 17.1 Å². The van der Waals surface area contributed by atoms with Crippen LogP contribution >= 0.6 is 0 Å². The van der Waals surface area contributed by atoms with Crippen molar-refractivity contribution in [2.45, 2.75) is 26.8 Å². The van der Waals surface area contributed by atoms with Crippen LogP contribution in [0.1, 0.15) is 20.8 Å². The van der Waals surface area contributed by atoms with Crippen LogP contribution in [0, 0.1) is 5.92 Å². The highest BCUT2D eigenvalue weighted by Crippen LogP contribution is 2.13. The number of hydrogen-bond acceptors (Lipinski definition) is 1. The number of nitrogens with zero attached hydrogens (tertiary/aromatic N) is 1. The molecule has 52 valence electrons. The van der Waals surface area contributed by atoms with Gasteiger partial charge >= 0.3 is 0 Å². The summed E-state index contributed by atoms with van der Waals surface area (Å²) in [5.41, 5.74) is 1.18. The molecule has 0 aliphatic rings. The van der Waals surface area contributed by atoms with Gasteiger partial charge in [0, 0.05) is 0 Å². The zero-order valence-corrected chi connectivity index (χ0v) is 6.52. The van der Waals surface area contributed by atoms with Gasteiger partial charge in [-0.1, -0.05) is 19.1 Å². The predicted molar refractivity (Wildman–Crippen MR) is 43.0 cm³/mol. The van der Waals surface area contributed by atoms with Crippen molar-refractivity contribution >= 4 is 6.72 Å². The van der Waals surface area contributed by atoms with Crippen molar-refractivity contribution in [1.29, 1.82) is 0 Å². The van der Waals surface area contributed by atoms with Gasteiger partial charge in [-0.2, -0.15) is 0 Å². The minimum atomic E-state index is 0.308. The van der Waals surface area contributed by atoms with E-state index in [4.69, 9.17) is 0 Å². The van der Waals surface area contributed by atoms with Crippen LogP contribution in [0.2, 0.25) is 0 Å². The smallest absolute Gasteiger partial charge is 0.0526 e. The fourth-order valence-corrected chi connectivity index (χ4v) is 0.570. The maximum absolute atomic E-state index is 3.90. The van der Waals surface area contributed by atoms with Crippen molar-refractivity contribution in [2.75, 3.05) is 0 Å². The van der Waals surface area contributed by atoms with Gasteiger partial charge in [0.15, 0.2) is 0 Å². The van der Waals surface area contributed by atoms with Gasteiger partial charge in [-0.25, -0.2) is 0 Å². The summed E-state index contributed by atoms with van der Waals surface area (Å²) in [6, 6.07) is 0.308. The molecule has 2 unspecified atom stereocenters. The third-order valence-electron chi connectivity index (χ3n) is 1.79. The number of rotatable bonds is 3. The lowest BCUT2D eigenvalue weighted by atomic mass is 9.97. The third kappa shape index (κ3) is 2.45. The van der Waals surface area contributed by atoms with Crippen LogP contribution in [0.4, 0.5) is 0 Å². The molecule has 0 fully saturated rings. The average Bonchev–Trinajstić information content (AvgIpc) is 1.84. The van der Waals surface area contributed by atoms with Gasteiger partial charge in [0.1, 0.15) is 0 Å². The lowest BCUT2D eigenvalue weighted by molar-refractivity contribution is 0.560. The molecular formula is C8H15N. The van der Waals surface area contributed by atoms with E-state index in [2.05, 4.69) is 25.2 Å². The van der Waals surface area contributed by atoms with Gasteiger partial charge in [0.25, 0.3) is 0 Å². The van der Waals surface area contributed by atoms with E-state index in [9.17, 15) is 0 Å². The molecule has 2 atom stereocenters. The molecule has 0 saturated carbocycles. The number of aliphatic imine (C=N–C) groups is 1. The summed E-state index contributed by atoms with van der Waals surface area (Å²) < 4.78 is 0.